The van der Waals surface area contributed by atoms with Crippen molar-refractivity contribution in [2.24, 2.45) is 5.41 Å². The van der Waals surface area contributed by atoms with Gasteiger partial charge in [-0.1, -0.05) is 26.0 Å². The fourth-order valence-electron chi connectivity index (χ4n) is 2.10. The smallest absolute Gasteiger partial charge is 0.220 e. The Morgan fingerprint density at radius 3 is 2.60 bits per heavy atom. The van der Waals surface area contributed by atoms with Gasteiger partial charge >= 0.3 is 0 Å². The van der Waals surface area contributed by atoms with Crippen LogP contribution in [0.3, 0.4) is 0 Å². The van der Waals surface area contributed by atoms with Crippen LogP contribution in [0.15, 0.2) is 24.3 Å². The van der Waals surface area contributed by atoms with Crippen LogP contribution < -0.4 is 5.32 Å². The van der Waals surface area contributed by atoms with E-state index < -0.39 is 0 Å². The van der Waals surface area contributed by atoms with Crippen LogP contribution in [0.4, 0.5) is 4.39 Å². The highest BCUT2D eigenvalue weighted by Crippen LogP contribution is 2.24. The third-order valence-corrected chi connectivity index (χ3v) is 4.03. The highest BCUT2D eigenvalue weighted by atomic mass is 19.1. The van der Waals surface area contributed by atoms with Gasteiger partial charge in [0.15, 0.2) is 0 Å². The van der Waals surface area contributed by atoms with Crippen LogP contribution in [0.25, 0.3) is 0 Å². The Labute approximate surface area is 120 Å². The Morgan fingerprint density at radius 1 is 1.35 bits per heavy atom. The van der Waals surface area contributed by atoms with Gasteiger partial charge in [0.2, 0.25) is 5.91 Å². The number of carbonyl (C=O) groups is 1. The lowest BCUT2D eigenvalue weighted by Crippen LogP contribution is -2.39. The minimum Gasteiger partial charge on any atom is -0.396 e. The van der Waals surface area contributed by atoms with Crippen LogP contribution in [0, 0.1) is 11.2 Å². The first-order chi connectivity index (χ1) is 9.55. The Morgan fingerprint density at radius 2 is 2.05 bits per heavy atom. The van der Waals surface area contributed by atoms with Crippen molar-refractivity contribution in [2.75, 3.05) is 13.2 Å². The van der Waals surface area contributed by atoms with Crippen molar-refractivity contribution < 1.29 is 14.3 Å². The molecule has 0 saturated heterocycles. The number of amides is 1. The van der Waals surface area contributed by atoms with Gasteiger partial charge in [-0.05, 0) is 37.0 Å². The summed E-state index contributed by atoms with van der Waals surface area (Å²) in [5.74, 6) is -0.340. The topological polar surface area (TPSA) is 49.3 Å². The number of carbonyl (C=O) groups excluding carboxylic acids is 1. The van der Waals surface area contributed by atoms with Crippen molar-refractivity contribution in [1.82, 2.24) is 5.32 Å². The molecule has 1 amide bonds. The van der Waals surface area contributed by atoms with Gasteiger partial charge in [0, 0.05) is 18.4 Å². The first-order valence-electron chi connectivity index (χ1n) is 7.17. The molecule has 0 fully saturated rings. The molecule has 0 aliphatic heterocycles. The normalized spacial score (nSPS) is 11.4. The molecule has 0 radical (unpaired) electrons. The summed E-state index contributed by atoms with van der Waals surface area (Å²) in [6, 6.07) is 6.30. The molecule has 112 valence electrons. The molecule has 0 unspecified atom stereocenters. The van der Waals surface area contributed by atoms with Crippen molar-refractivity contribution in [2.45, 2.75) is 39.5 Å². The van der Waals surface area contributed by atoms with Gasteiger partial charge in [-0.3, -0.25) is 4.79 Å². The van der Waals surface area contributed by atoms with Crippen molar-refractivity contribution in [1.29, 1.82) is 0 Å². The second-order valence-electron chi connectivity index (χ2n) is 5.27. The lowest BCUT2D eigenvalue weighted by atomic mass is 9.83. The molecule has 0 bridgehead atoms. The van der Waals surface area contributed by atoms with Gasteiger partial charge in [0.1, 0.15) is 5.82 Å². The molecule has 0 saturated carbocycles. The highest BCUT2D eigenvalue weighted by molar-refractivity contribution is 5.76. The van der Waals surface area contributed by atoms with E-state index in [-0.39, 0.29) is 23.7 Å². The number of halogens is 1. The molecule has 2 N–H and O–H groups in total. The summed E-state index contributed by atoms with van der Waals surface area (Å²) in [6.45, 7) is 4.58. The minimum absolute atomic E-state index is 0.0611. The fourth-order valence-corrected chi connectivity index (χ4v) is 2.10. The number of aryl methyl sites for hydroxylation is 1. The summed E-state index contributed by atoms with van der Waals surface area (Å²) in [5, 5.41) is 12.3. The van der Waals surface area contributed by atoms with E-state index in [2.05, 4.69) is 5.32 Å². The van der Waals surface area contributed by atoms with E-state index in [1.54, 1.807) is 6.07 Å². The van der Waals surface area contributed by atoms with Crippen LogP contribution in [-0.4, -0.2) is 24.2 Å². The quantitative estimate of drug-likeness (QED) is 0.769. The summed E-state index contributed by atoms with van der Waals surface area (Å²) in [6.07, 6.45) is 2.50. The summed E-state index contributed by atoms with van der Waals surface area (Å²) in [7, 11) is 0. The number of benzene rings is 1. The summed E-state index contributed by atoms with van der Waals surface area (Å²) < 4.78 is 13.0. The zero-order valence-corrected chi connectivity index (χ0v) is 12.3. The molecular weight excluding hydrogens is 257 g/mol. The van der Waals surface area contributed by atoms with Crippen molar-refractivity contribution >= 4 is 5.91 Å². The second kappa shape index (κ2) is 8.00. The number of nitrogens with one attached hydrogen (secondary N) is 1. The Kier molecular flexibility index (Phi) is 6.65. The molecule has 20 heavy (non-hydrogen) atoms. The van der Waals surface area contributed by atoms with E-state index in [1.165, 1.54) is 12.1 Å². The zero-order chi connectivity index (χ0) is 15.0. The van der Waals surface area contributed by atoms with E-state index >= 15 is 0 Å². The van der Waals surface area contributed by atoms with Crippen LogP contribution in [0.2, 0.25) is 0 Å². The van der Waals surface area contributed by atoms with E-state index in [4.69, 9.17) is 0 Å². The molecule has 0 atom stereocenters. The molecule has 1 rings (SSSR count). The van der Waals surface area contributed by atoms with Gasteiger partial charge in [-0.15, -0.1) is 0 Å². The number of rotatable bonds is 8. The van der Waals surface area contributed by atoms with Gasteiger partial charge in [0.05, 0.1) is 6.61 Å². The minimum atomic E-state index is -0.279. The Hall–Kier alpha value is -1.42. The molecule has 0 aromatic heterocycles. The molecule has 1 aromatic rings. The number of hydrogen-bond acceptors (Lipinski definition) is 2. The van der Waals surface area contributed by atoms with Gasteiger partial charge < -0.3 is 10.4 Å². The molecule has 0 aliphatic carbocycles. The SMILES string of the molecule is CCC(CC)(CO)CNC(=O)CCc1cccc(F)c1. The van der Waals surface area contributed by atoms with E-state index in [1.807, 2.05) is 19.9 Å². The molecule has 4 heteroatoms. The van der Waals surface area contributed by atoms with Gasteiger partial charge in [-0.25, -0.2) is 4.39 Å². The van der Waals surface area contributed by atoms with Crippen molar-refractivity contribution in [3.63, 3.8) is 0 Å². The third kappa shape index (κ3) is 4.93. The van der Waals surface area contributed by atoms with Crippen molar-refractivity contribution in [3.05, 3.63) is 35.6 Å². The maximum atomic E-state index is 13.0. The first-order valence-corrected chi connectivity index (χ1v) is 7.17. The van der Waals surface area contributed by atoms with E-state index in [9.17, 15) is 14.3 Å². The Bertz CT molecular complexity index is 422. The van der Waals surface area contributed by atoms with E-state index in [0.29, 0.717) is 19.4 Å². The zero-order valence-electron chi connectivity index (χ0n) is 12.3. The number of aliphatic hydroxyl groups excluding tert-OH is 1. The predicted molar refractivity (Wildman–Crippen MR) is 77.8 cm³/mol. The predicted octanol–water partition coefficient (Wildman–Crippen LogP) is 2.67. The molecule has 1 aromatic carbocycles. The largest absolute Gasteiger partial charge is 0.396 e. The fraction of sp³-hybridized carbons (Fsp3) is 0.562. The summed E-state index contributed by atoms with van der Waals surface area (Å²) in [4.78, 5) is 11.8. The average molecular weight is 281 g/mol. The molecule has 0 spiro atoms. The molecule has 0 heterocycles. The molecule has 0 aliphatic rings. The highest BCUT2D eigenvalue weighted by Gasteiger charge is 2.25. The lowest BCUT2D eigenvalue weighted by molar-refractivity contribution is -0.121. The van der Waals surface area contributed by atoms with Crippen LogP contribution in [0.1, 0.15) is 38.7 Å². The van der Waals surface area contributed by atoms with Crippen LogP contribution in [0.5, 0.6) is 0 Å². The standard InChI is InChI=1S/C16H24FNO2/c1-3-16(4-2,12-19)11-18-15(20)9-8-13-6-5-7-14(17)10-13/h5-7,10,19H,3-4,8-9,11-12H2,1-2H3,(H,18,20). The maximum absolute atomic E-state index is 13.0. The average Bonchev–Trinajstić information content (AvgIpc) is 2.47. The monoisotopic (exact) mass is 281 g/mol. The van der Waals surface area contributed by atoms with Crippen LogP contribution >= 0.6 is 0 Å². The molecule has 3 nitrogen and oxygen atoms in total. The van der Waals surface area contributed by atoms with Crippen molar-refractivity contribution in [3.8, 4) is 0 Å². The lowest BCUT2D eigenvalue weighted by Gasteiger charge is -2.29. The maximum Gasteiger partial charge on any atom is 0.220 e. The summed E-state index contributed by atoms with van der Waals surface area (Å²) in [5.41, 5.74) is 0.591. The van der Waals surface area contributed by atoms with Crippen LogP contribution in [-0.2, 0) is 11.2 Å². The first kappa shape index (κ1) is 16.6. The van der Waals surface area contributed by atoms with Gasteiger partial charge in [0.25, 0.3) is 0 Å². The molecular formula is C16H24FNO2. The second-order valence-corrected chi connectivity index (χ2v) is 5.27. The summed E-state index contributed by atoms with van der Waals surface area (Å²) >= 11 is 0. The third-order valence-electron chi connectivity index (χ3n) is 4.03. The van der Waals surface area contributed by atoms with E-state index in [0.717, 1.165) is 18.4 Å². The Balaban J connectivity index is 2.40. The number of aliphatic hydroxyl groups is 1. The number of hydrogen-bond donors (Lipinski definition) is 2. The van der Waals surface area contributed by atoms with Gasteiger partial charge in [-0.2, -0.15) is 0 Å².